The molecule has 1 aromatic heterocycles. The Labute approximate surface area is 149 Å². The molecule has 3 aliphatic heterocycles. The summed E-state index contributed by atoms with van der Waals surface area (Å²) in [6.45, 7) is 0. The minimum Gasteiger partial charge on any atom is -0.279 e. The number of hydrogen-bond acceptors (Lipinski definition) is 5. The number of fused-ring (bicyclic) bond motifs is 2. The number of piperidine rings is 1. The molecule has 130 valence electrons. The number of carbonyl (C=O) groups excluding carboxylic acids is 2. The topological polar surface area (TPSA) is 74.8 Å². The number of thiophene rings is 1. The first-order chi connectivity index (χ1) is 11.4. The summed E-state index contributed by atoms with van der Waals surface area (Å²) >= 11 is 6.95. The zero-order valence-corrected chi connectivity index (χ0v) is 15.2. The third kappa shape index (κ3) is 2.51. The largest absolute Gasteiger partial charge is 0.279 e. The van der Waals surface area contributed by atoms with Crippen molar-refractivity contribution in [2.75, 3.05) is 0 Å². The third-order valence-corrected chi connectivity index (χ3v) is 8.88. The Bertz CT molecular complexity index is 776. The van der Waals surface area contributed by atoms with E-state index in [9.17, 15) is 18.0 Å². The molecule has 4 heterocycles. The molecule has 0 radical (unpaired) electrons. The lowest BCUT2D eigenvalue weighted by atomic mass is 9.98. The molecule has 3 saturated heterocycles. The second-order valence-corrected chi connectivity index (χ2v) is 10.3. The van der Waals surface area contributed by atoms with Crippen molar-refractivity contribution in [2.24, 2.45) is 0 Å². The zero-order chi connectivity index (χ0) is 17.1. The van der Waals surface area contributed by atoms with E-state index in [2.05, 4.69) is 0 Å². The number of likely N-dealkylation sites (tertiary alicyclic amines) is 1. The normalized spacial score (nSPS) is 31.2. The Balaban J connectivity index is 1.59. The van der Waals surface area contributed by atoms with Crippen LogP contribution in [-0.2, 0) is 19.6 Å². The summed E-state index contributed by atoms with van der Waals surface area (Å²) in [5.74, 6) is -0.239. The van der Waals surface area contributed by atoms with E-state index in [1.54, 1.807) is 16.4 Å². The van der Waals surface area contributed by atoms with Crippen LogP contribution in [0.5, 0.6) is 0 Å². The third-order valence-electron chi connectivity index (χ3n) is 5.18. The molecule has 1 aromatic rings. The van der Waals surface area contributed by atoms with Crippen LogP contribution in [0.2, 0.25) is 4.34 Å². The number of sulfonamides is 1. The lowest BCUT2D eigenvalue weighted by Crippen LogP contribution is -2.53. The molecule has 0 saturated carbocycles. The van der Waals surface area contributed by atoms with Gasteiger partial charge in [-0.3, -0.25) is 14.5 Å². The highest BCUT2D eigenvalue weighted by atomic mass is 35.5. The fourth-order valence-corrected chi connectivity index (χ4v) is 7.73. The van der Waals surface area contributed by atoms with E-state index in [1.807, 2.05) is 0 Å². The summed E-state index contributed by atoms with van der Waals surface area (Å²) in [7, 11) is -3.57. The highest BCUT2D eigenvalue weighted by molar-refractivity contribution is 7.91. The molecule has 3 fully saturated rings. The van der Waals surface area contributed by atoms with Crippen LogP contribution in [0, 0.1) is 0 Å². The van der Waals surface area contributed by atoms with Gasteiger partial charge in [0.15, 0.2) is 0 Å². The standard InChI is InChI=1S/C15H17ClN2O4S2/c16-12-3-6-15(23-12)24(21,22)18-9-1-2-10(18)8-11(7-9)17-13(19)4-5-14(17)20/h3,6,9-11H,1-2,4-5,7-8H2. The molecule has 0 spiro atoms. The molecular formula is C15H17ClN2O4S2. The fourth-order valence-electron chi connectivity index (χ4n) is 4.25. The van der Waals surface area contributed by atoms with Gasteiger partial charge in [0.05, 0.1) is 4.34 Å². The van der Waals surface area contributed by atoms with Gasteiger partial charge in [-0.05, 0) is 37.8 Å². The second-order valence-electron chi connectivity index (χ2n) is 6.56. The highest BCUT2D eigenvalue weighted by Gasteiger charge is 2.50. The summed E-state index contributed by atoms with van der Waals surface area (Å²) in [4.78, 5) is 25.3. The summed E-state index contributed by atoms with van der Waals surface area (Å²) in [5.41, 5.74) is 0. The average molecular weight is 389 g/mol. The summed E-state index contributed by atoms with van der Waals surface area (Å²) in [5, 5.41) is 0. The molecule has 2 atom stereocenters. The molecule has 6 nitrogen and oxygen atoms in total. The van der Waals surface area contributed by atoms with Gasteiger partial charge in [-0.25, -0.2) is 8.42 Å². The first-order valence-electron chi connectivity index (χ1n) is 8.01. The smallest absolute Gasteiger partial charge is 0.253 e. The van der Waals surface area contributed by atoms with Crippen molar-refractivity contribution >= 4 is 44.8 Å². The molecule has 2 amide bonds. The SMILES string of the molecule is O=C1CCC(=O)N1C1CC2CCC(C1)N2S(=O)(=O)c1ccc(Cl)s1. The number of imide groups is 1. The molecule has 0 aliphatic carbocycles. The Hall–Kier alpha value is -0.960. The predicted octanol–water partition coefficient (Wildman–Crippen LogP) is 2.23. The molecule has 24 heavy (non-hydrogen) atoms. The molecule has 2 bridgehead atoms. The van der Waals surface area contributed by atoms with Crippen molar-refractivity contribution in [1.82, 2.24) is 9.21 Å². The van der Waals surface area contributed by atoms with Crippen LogP contribution in [0.15, 0.2) is 16.3 Å². The van der Waals surface area contributed by atoms with E-state index in [4.69, 9.17) is 11.6 Å². The van der Waals surface area contributed by atoms with Gasteiger partial charge >= 0.3 is 0 Å². The maximum atomic E-state index is 12.9. The number of rotatable bonds is 3. The summed E-state index contributed by atoms with van der Waals surface area (Å²) in [6.07, 6.45) is 3.17. The molecule has 3 aliphatic rings. The quantitative estimate of drug-likeness (QED) is 0.744. The van der Waals surface area contributed by atoms with E-state index in [0.717, 1.165) is 24.2 Å². The van der Waals surface area contributed by atoms with E-state index in [-0.39, 0.29) is 47.0 Å². The van der Waals surface area contributed by atoms with Crippen molar-refractivity contribution in [1.29, 1.82) is 0 Å². The number of hydrogen-bond donors (Lipinski definition) is 0. The number of halogens is 1. The van der Waals surface area contributed by atoms with Crippen LogP contribution < -0.4 is 0 Å². The lowest BCUT2D eigenvalue weighted by molar-refractivity contribution is -0.142. The van der Waals surface area contributed by atoms with Crippen LogP contribution >= 0.6 is 22.9 Å². The Kier molecular flexibility index (Phi) is 3.98. The van der Waals surface area contributed by atoms with E-state index in [0.29, 0.717) is 17.2 Å². The van der Waals surface area contributed by atoms with Crippen molar-refractivity contribution in [3.63, 3.8) is 0 Å². The Morgan fingerprint density at radius 3 is 2.08 bits per heavy atom. The second kappa shape index (κ2) is 5.79. The van der Waals surface area contributed by atoms with Gasteiger partial charge in [-0.15, -0.1) is 11.3 Å². The first kappa shape index (κ1) is 16.5. The molecule has 0 N–H and O–H groups in total. The van der Waals surface area contributed by atoms with E-state index in [1.165, 1.54) is 4.90 Å². The number of carbonyl (C=O) groups is 2. The highest BCUT2D eigenvalue weighted by Crippen LogP contribution is 2.43. The monoisotopic (exact) mass is 388 g/mol. The van der Waals surface area contributed by atoms with Crippen LogP contribution in [-0.4, -0.2) is 47.6 Å². The molecule has 9 heteroatoms. The van der Waals surface area contributed by atoms with Crippen LogP contribution in [0.25, 0.3) is 0 Å². The van der Waals surface area contributed by atoms with Gasteiger partial charge in [-0.2, -0.15) is 4.31 Å². The van der Waals surface area contributed by atoms with Gasteiger partial charge in [-0.1, -0.05) is 11.6 Å². The van der Waals surface area contributed by atoms with Crippen molar-refractivity contribution in [2.45, 2.75) is 60.9 Å². The van der Waals surface area contributed by atoms with Gasteiger partial charge in [0.2, 0.25) is 11.8 Å². The Morgan fingerprint density at radius 2 is 1.58 bits per heavy atom. The minimum absolute atomic E-state index is 0.120. The first-order valence-corrected chi connectivity index (χ1v) is 10.6. The fraction of sp³-hybridized carbons (Fsp3) is 0.600. The zero-order valence-electron chi connectivity index (χ0n) is 12.9. The average Bonchev–Trinajstić information content (AvgIpc) is 3.17. The van der Waals surface area contributed by atoms with Crippen molar-refractivity contribution in [3.8, 4) is 0 Å². The van der Waals surface area contributed by atoms with Gasteiger partial charge in [0, 0.05) is 31.0 Å². The van der Waals surface area contributed by atoms with E-state index >= 15 is 0 Å². The number of amides is 2. The van der Waals surface area contributed by atoms with E-state index < -0.39 is 10.0 Å². The van der Waals surface area contributed by atoms with Crippen molar-refractivity contribution < 1.29 is 18.0 Å². The molecular weight excluding hydrogens is 372 g/mol. The lowest BCUT2D eigenvalue weighted by Gasteiger charge is -2.40. The maximum absolute atomic E-state index is 12.9. The molecule has 4 rings (SSSR count). The summed E-state index contributed by atoms with van der Waals surface area (Å²) in [6, 6.07) is 2.67. The van der Waals surface area contributed by atoms with Crippen LogP contribution in [0.3, 0.4) is 0 Å². The predicted molar refractivity (Wildman–Crippen MR) is 89.3 cm³/mol. The van der Waals surface area contributed by atoms with Crippen LogP contribution in [0.1, 0.15) is 38.5 Å². The van der Waals surface area contributed by atoms with Crippen LogP contribution in [0.4, 0.5) is 0 Å². The molecule has 0 aromatic carbocycles. The number of nitrogens with zero attached hydrogens (tertiary/aromatic N) is 2. The van der Waals surface area contributed by atoms with Gasteiger partial charge in [0.25, 0.3) is 10.0 Å². The minimum atomic E-state index is -3.57. The summed E-state index contributed by atoms with van der Waals surface area (Å²) < 4.78 is 28.2. The van der Waals surface area contributed by atoms with Crippen molar-refractivity contribution in [3.05, 3.63) is 16.5 Å². The Morgan fingerprint density at radius 1 is 1.00 bits per heavy atom. The molecule has 2 unspecified atom stereocenters. The maximum Gasteiger partial charge on any atom is 0.253 e. The van der Waals surface area contributed by atoms with Gasteiger partial charge < -0.3 is 0 Å². The van der Waals surface area contributed by atoms with Gasteiger partial charge in [0.1, 0.15) is 4.21 Å².